The van der Waals surface area contributed by atoms with Crippen LogP contribution in [0.3, 0.4) is 0 Å². The van der Waals surface area contributed by atoms with E-state index in [-0.39, 0.29) is 0 Å². The van der Waals surface area contributed by atoms with Gasteiger partial charge >= 0.3 is 0 Å². The Balaban J connectivity index is 4.28. The second-order valence-electron chi connectivity index (χ2n) is 6.78. The molecule has 0 aromatic heterocycles. The molecule has 0 atom stereocenters. The summed E-state index contributed by atoms with van der Waals surface area (Å²) in [5, 5.41) is 0. The summed E-state index contributed by atoms with van der Waals surface area (Å²) in [6.07, 6.45) is 5.51. The molecule has 0 saturated heterocycles. The van der Waals surface area contributed by atoms with Crippen molar-refractivity contribution in [2.45, 2.75) is 74.1 Å². The molecular formula is C14H30. The standard InChI is InChI=1S/C14H30/c1-8-9-10-11-12(13(2,3)4)14(5,6)7/h12H,8-11H2,1-7H3. The molecule has 0 radical (unpaired) electrons. The van der Waals surface area contributed by atoms with E-state index in [0.717, 1.165) is 5.92 Å². The van der Waals surface area contributed by atoms with Gasteiger partial charge in [0.15, 0.2) is 0 Å². The molecule has 0 amide bonds. The minimum absolute atomic E-state index is 0.450. The fraction of sp³-hybridized carbons (Fsp3) is 1.00. The Hall–Kier alpha value is 0. The van der Waals surface area contributed by atoms with Crippen LogP contribution in [0.4, 0.5) is 0 Å². The maximum absolute atomic E-state index is 2.38. The predicted molar refractivity (Wildman–Crippen MR) is 66.5 cm³/mol. The highest BCUT2D eigenvalue weighted by atomic mass is 14.4. The van der Waals surface area contributed by atoms with Gasteiger partial charge in [0, 0.05) is 0 Å². The Morgan fingerprint density at radius 1 is 0.786 bits per heavy atom. The lowest BCUT2D eigenvalue weighted by Crippen LogP contribution is -2.32. The lowest BCUT2D eigenvalue weighted by atomic mass is 9.65. The van der Waals surface area contributed by atoms with E-state index in [4.69, 9.17) is 0 Å². The van der Waals surface area contributed by atoms with E-state index in [1.54, 1.807) is 0 Å². The minimum atomic E-state index is 0.450. The quantitative estimate of drug-likeness (QED) is 0.539. The summed E-state index contributed by atoms with van der Waals surface area (Å²) in [4.78, 5) is 0. The summed E-state index contributed by atoms with van der Waals surface area (Å²) in [7, 11) is 0. The first-order chi connectivity index (χ1) is 6.19. The molecule has 0 heteroatoms. The van der Waals surface area contributed by atoms with E-state index in [0.29, 0.717) is 10.8 Å². The third-order valence-electron chi connectivity index (χ3n) is 3.19. The lowest BCUT2D eigenvalue weighted by Gasteiger charge is -2.41. The van der Waals surface area contributed by atoms with Gasteiger partial charge in [-0.15, -0.1) is 0 Å². The topological polar surface area (TPSA) is 0 Å². The summed E-state index contributed by atoms with van der Waals surface area (Å²) in [5.41, 5.74) is 0.901. The highest BCUT2D eigenvalue weighted by Crippen LogP contribution is 2.42. The molecular weight excluding hydrogens is 168 g/mol. The Morgan fingerprint density at radius 3 is 1.50 bits per heavy atom. The first-order valence-electron chi connectivity index (χ1n) is 6.19. The molecule has 0 nitrogen and oxygen atoms in total. The lowest BCUT2D eigenvalue weighted by molar-refractivity contribution is 0.0900. The van der Waals surface area contributed by atoms with E-state index >= 15 is 0 Å². The minimum Gasteiger partial charge on any atom is -0.0654 e. The summed E-state index contributed by atoms with van der Waals surface area (Å²) in [6, 6.07) is 0. The summed E-state index contributed by atoms with van der Waals surface area (Å²) in [5.74, 6) is 0.835. The van der Waals surface area contributed by atoms with Gasteiger partial charge in [0.2, 0.25) is 0 Å². The molecule has 0 fully saturated rings. The van der Waals surface area contributed by atoms with E-state index < -0.39 is 0 Å². The van der Waals surface area contributed by atoms with Crippen LogP contribution in [0.25, 0.3) is 0 Å². The third kappa shape index (κ3) is 5.02. The van der Waals surface area contributed by atoms with Gasteiger partial charge in [-0.05, 0) is 23.2 Å². The van der Waals surface area contributed by atoms with Crippen molar-refractivity contribution in [3.63, 3.8) is 0 Å². The van der Waals surface area contributed by atoms with Gasteiger partial charge in [0.05, 0.1) is 0 Å². The zero-order valence-corrected chi connectivity index (χ0v) is 11.4. The number of rotatable bonds is 4. The predicted octanol–water partition coefficient (Wildman–Crippen LogP) is 5.28. The maximum Gasteiger partial charge on any atom is -0.0317 e. The van der Waals surface area contributed by atoms with Gasteiger partial charge < -0.3 is 0 Å². The second kappa shape index (κ2) is 5.19. The van der Waals surface area contributed by atoms with Crippen molar-refractivity contribution in [1.82, 2.24) is 0 Å². The highest BCUT2D eigenvalue weighted by molar-refractivity contribution is 4.83. The molecule has 0 aromatic rings. The van der Waals surface area contributed by atoms with E-state index in [2.05, 4.69) is 48.5 Å². The Labute approximate surface area is 91.5 Å². The zero-order chi connectivity index (χ0) is 11.4. The van der Waals surface area contributed by atoms with Gasteiger partial charge in [-0.2, -0.15) is 0 Å². The second-order valence-corrected chi connectivity index (χ2v) is 6.78. The molecule has 0 aliphatic rings. The summed E-state index contributed by atoms with van der Waals surface area (Å²) < 4.78 is 0. The van der Waals surface area contributed by atoms with Crippen molar-refractivity contribution in [3.8, 4) is 0 Å². The first kappa shape index (κ1) is 14.0. The van der Waals surface area contributed by atoms with Crippen molar-refractivity contribution in [2.75, 3.05) is 0 Å². The zero-order valence-electron chi connectivity index (χ0n) is 11.4. The maximum atomic E-state index is 2.38. The molecule has 0 N–H and O–H groups in total. The van der Waals surface area contributed by atoms with Crippen LogP contribution < -0.4 is 0 Å². The largest absolute Gasteiger partial charge is 0.0654 e. The van der Waals surface area contributed by atoms with Crippen LogP contribution in [-0.2, 0) is 0 Å². The average Bonchev–Trinajstić information content (AvgIpc) is 1.92. The Kier molecular flexibility index (Phi) is 5.19. The molecule has 0 aliphatic heterocycles. The van der Waals surface area contributed by atoms with Gasteiger partial charge in [-0.3, -0.25) is 0 Å². The molecule has 0 heterocycles. The monoisotopic (exact) mass is 198 g/mol. The van der Waals surface area contributed by atoms with E-state index in [1.807, 2.05) is 0 Å². The van der Waals surface area contributed by atoms with Crippen molar-refractivity contribution < 1.29 is 0 Å². The molecule has 0 unspecified atom stereocenters. The molecule has 0 bridgehead atoms. The molecule has 86 valence electrons. The summed E-state index contributed by atoms with van der Waals surface area (Å²) in [6.45, 7) is 16.6. The molecule has 0 rings (SSSR count). The van der Waals surface area contributed by atoms with Crippen LogP contribution in [0.5, 0.6) is 0 Å². The smallest absolute Gasteiger partial charge is 0.0317 e. The number of hydrogen-bond acceptors (Lipinski definition) is 0. The highest BCUT2D eigenvalue weighted by Gasteiger charge is 2.33. The molecule has 0 saturated carbocycles. The van der Waals surface area contributed by atoms with Crippen LogP contribution in [0, 0.1) is 16.7 Å². The van der Waals surface area contributed by atoms with Crippen LogP contribution in [-0.4, -0.2) is 0 Å². The fourth-order valence-electron chi connectivity index (χ4n) is 2.76. The van der Waals surface area contributed by atoms with Gasteiger partial charge in [-0.1, -0.05) is 67.7 Å². The van der Waals surface area contributed by atoms with Crippen molar-refractivity contribution in [3.05, 3.63) is 0 Å². The molecule has 0 aromatic carbocycles. The van der Waals surface area contributed by atoms with Crippen LogP contribution in [0.1, 0.15) is 74.1 Å². The van der Waals surface area contributed by atoms with E-state index in [9.17, 15) is 0 Å². The summed E-state index contributed by atoms with van der Waals surface area (Å²) >= 11 is 0. The number of unbranched alkanes of at least 4 members (excludes halogenated alkanes) is 2. The van der Waals surface area contributed by atoms with Gasteiger partial charge in [0.25, 0.3) is 0 Å². The SMILES string of the molecule is CCCCCC(C(C)(C)C)C(C)(C)C. The van der Waals surface area contributed by atoms with Crippen LogP contribution in [0.15, 0.2) is 0 Å². The first-order valence-corrected chi connectivity index (χ1v) is 6.19. The fourth-order valence-corrected chi connectivity index (χ4v) is 2.76. The Bertz CT molecular complexity index is 128. The molecule has 0 aliphatic carbocycles. The number of hydrogen-bond donors (Lipinski definition) is 0. The third-order valence-corrected chi connectivity index (χ3v) is 3.19. The van der Waals surface area contributed by atoms with E-state index in [1.165, 1.54) is 25.7 Å². The van der Waals surface area contributed by atoms with Crippen molar-refractivity contribution >= 4 is 0 Å². The normalized spacial score (nSPS) is 13.7. The molecule has 14 heavy (non-hydrogen) atoms. The van der Waals surface area contributed by atoms with Crippen LogP contribution in [0.2, 0.25) is 0 Å². The van der Waals surface area contributed by atoms with Gasteiger partial charge in [0.1, 0.15) is 0 Å². The Morgan fingerprint density at radius 2 is 1.21 bits per heavy atom. The van der Waals surface area contributed by atoms with Crippen molar-refractivity contribution in [1.29, 1.82) is 0 Å². The molecule has 0 spiro atoms. The van der Waals surface area contributed by atoms with Gasteiger partial charge in [-0.25, -0.2) is 0 Å². The van der Waals surface area contributed by atoms with Crippen molar-refractivity contribution in [2.24, 2.45) is 16.7 Å². The van der Waals surface area contributed by atoms with Crippen LogP contribution >= 0.6 is 0 Å². The average molecular weight is 198 g/mol.